The van der Waals surface area contributed by atoms with E-state index in [4.69, 9.17) is 16.6 Å². The minimum absolute atomic E-state index is 0.0318. The van der Waals surface area contributed by atoms with Gasteiger partial charge in [0.05, 0.1) is 5.39 Å². The molecule has 4 nitrogen and oxygen atoms in total. The maximum atomic E-state index is 13.2. The van der Waals surface area contributed by atoms with E-state index in [9.17, 15) is 9.59 Å². The summed E-state index contributed by atoms with van der Waals surface area (Å²) in [5.41, 5.74) is 1.71. The van der Waals surface area contributed by atoms with E-state index >= 15 is 0 Å². The van der Waals surface area contributed by atoms with Crippen molar-refractivity contribution < 1.29 is 4.79 Å². The number of nitrogens with zero attached hydrogens (tertiary/aromatic N) is 2. The third kappa shape index (κ3) is 3.63. The maximum absolute atomic E-state index is 13.2. The topological polar surface area (TPSA) is 52.0 Å². The summed E-state index contributed by atoms with van der Waals surface area (Å²) in [4.78, 5) is 31.2. The average molecular weight is 409 g/mol. The highest BCUT2D eigenvalue weighted by molar-refractivity contribution is 7.21. The molecule has 2 aromatic carbocycles. The molecule has 0 aliphatic rings. The highest BCUT2D eigenvalue weighted by atomic mass is 35.5. The number of thiophene rings is 1. The number of carbonyl (C=O) groups excluding carboxylic acids is 1. The van der Waals surface area contributed by atoms with E-state index in [0.717, 1.165) is 16.0 Å². The molecule has 4 aromatic rings. The predicted octanol–water partition coefficient (Wildman–Crippen LogP) is 5.42. The highest BCUT2D eigenvalue weighted by Crippen LogP contribution is 2.32. The Morgan fingerprint density at radius 3 is 2.46 bits per heavy atom. The van der Waals surface area contributed by atoms with Gasteiger partial charge >= 0.3 is 0 Å². The molecule has 2 heterocycles. The number of aromatic nitrogens is 2. The molecule has 0 radical (unpaired) electrons. The number of Topliss-reactive ketones (excluding diaryl/α,β-unsaturated/α-hetero) is 1. The van der Waals surface area contributed by atoms with Gasteiger partial charge in [0.15, 0.2) is 0 Å². The van der Waals surface area contributed by atoms with Crippen LogP contribution in [-0.2, 0) is 11.3 Å². The molecule has 0 amide bonds. The van der Waals surface area contributed by atoms with Gasteiger partial charge in [-0.25, -0.2) is 4.98 Å². The predicted molar refractivity (Wildman–Crippen MR) is 115 cm³/mol. The number of rotatable bonds is 5. The van der Waals surface area contributed by atoms with E-state index in [1.54, 1.807) is 16.7 Å². The minimum atomic E-state index is -0.130. The Morgan fingerprint density at radius 2 is 1.79 bits per heavy atom. The molecular formula is C22H17ClN2O2S. The summed E-state index contributed by atoms with van der Waals surface area (Å²) >= 11 is 7.50. The second-order valence-electron chi connectivity index (χ2n) is 6.55. The Balaban J connectivity index is 1.92. The first-order valence-corrected chi connectivity index (χ1v) is 10.1. The van der Waals surface area contributed by atoms with Crippen molar-refractivity contribution in [2.75, 3.05) is 0 Å². The summed E-state index contributed by atoms with van der Waals surface area (Å²) in [7, 11) is 0. The van der Waals surface area contributed by atoms with Gasteiger partial charge in [0.25, 0.3) is 5.56 Å². The van der Waals surface area contributed by atoms with Crippen molar-refractivity contribution >= 4 is 38.9 Å². The maximum Gasteiger partial charge on any atom is 0.262 e. The number of carbonyl (C=O) groups is 1. The van der Waals surface area contributed by atoms with E-state index in [0.29, 0.717) is 27.6 Å². The summed E-state index contributed by atoms with van der Waals surface area (Å²) in [6.07, 6.45) is 0.281. The molecule has 140 valence electrons. The molecule has 0 fully saturated rings. The largest absolute Gasteiger partial charge is 0.300 e. The zero-order valence-electron chi connectivity index (χ0n) is 15.2. The smallest absolute Gasteiger partial charge is 0.262 e. The molecule has 6 heteroatoms. The van der Waals surface area contributed by atoms with Gasteiger partial charge in [0.2, 0.25) is 0 Å². The fraction of sp³-hybridized carbons (Fsp3) is 0.136. The lowest BCUT2D eigenvalue weighted by molar-refractivity contribution is -0.117. The zero-order chi connectivity index (χ0) is 19.7. The Bertz CT molecular complexity index is 1210. The first-order chi connectivity index (χ1) is 13.5. The Kier molecular flexibility index (Phi) is 5.11. The van der Waals surface area contributed by atoms with Crippen molar-refractivity contribution in [1.29, 1.82) is 0 Å². The van der Waals surface area contributed by atoms with Gasteiger partial charge in [0.1, 0.15) is 16.4 Å². The van der Waals surface area contributed by atoms with Crippen molar-refractivity contribution in [2.45, 2.75) is 19.9 Å². The second kappa shape index (κ2) is 7.70. The van der Waals surface area contributed by atoms with Gasteiger partial charge in [0, 0.05) is 28.4 Å². The molecule has 0 N–H and O–H groups in total. The van der Waals surface area contributed by atoms with Gasteiger partial charge in [-0.3, -0.25) is 14.2 Å². The highest BCUT2D eigenvalue weighted by Gasteiger charge is 2.16. The van der Waals surface area contributed by atoms with Gasteiger partial charge in [-0.2, -0.15) is 0 Å². The first kappa shape index (κ1) is 18.6. The summed E-state index contributed by atoms with van der Waals surface area (Å²) in [5, 5.41) is 1.19. The molecule has 0 bridgehead atoms. The van der Waals surface area contributed by atoms with E-state index in [1.807, 2.05) is 48.5 Å². The lowest BCUT2D eigenvalue weighted by Gasteiger charge is -2.12. The monoisotopic (exact) mass is 408 g/mol. The van der Waals surface area contributed by atoms with Crippen LogP contribution in [0.25, 0.3) is 32.0 Å². The lowest BCUT2D eigenvalue weighted by atomic mass is 10.1. The van der Waals surface area contributed by atoms with Gasteiger partial charge in [-0.15, -0.1) is 11.3 Å². The Labute approximate surface area is 171 Å². The van der Waals surface area contributed by atoms with Crippen LogP contribution >= 0.6 is 22.9 Å². The van der Waals surface area contributed by atoms with E-state index in [-0.39, 0.29) is 17.8 Å². The van der Waals surface area contributed by atoms with E-state index < -0.39 is 0 Å². The third-order valence-corrected chi connectivity index (χ3v) is 5.83. The van der Waals surface area contributed by atoms with Crippen molar-refractivity contribution in [2.24, 2.45) is 0 Å². The van der Waals surface area contributed by atoms with Crippen LogP contribution in [0.5, 0.6) is 0 Å². The molecule has 0 aliphatic heterocycles. The molecule has 28 heavy (non-hydrogen) atoms. The van der Waals surface area contributed by atoms with Crippen molar-refractivity contribution in [3.05, 3.63) is 76.0 Å². The molecule has 0 unspecified atom stereocenters. The number of hydrogen-bond acceptors (Lipinski definition) is 4. The lowest BCUT2D eigenvalue weighted by Crippen LogP contribution is -2.24. The fourth-order valence-electron chi connectivity index (χ4n) is 3.06. The molecule has 4 rings (SSSR count). The summed E-state index contributed by atoms with van der Waals surface area (Å²) in [5.74, 6) is 0.584. The molecule has 0 aliphatic carbocycles. The number of fused-ring (bicyclic) bond motifs is 1. The normalized spacial score (nSPS) is 11.1. The molecule has 0 saturated carbocycles. The standard InChI is InChI=1S/C22H17ClN2O2S/c1-14(26)11-12-25-20(16-7-9-17(23)10-8-16)24-21-18(22(25)27)13-19(28-21)15-5-3-2-4-6-15/h2-10,13H,11-12H2,1H3. The summed E-state index contributed by atoms with van der Waals surface area (Å²) in [6, 6.07) is 19.0. The zero-order valence-corrected chi connectivity index (χ0v) is 16.8. The van der Waals surface area contributed by atoms with Crippen LogP contribution in [-0.4, -0.2) is 15.3 Å². The second-order valence-corrected chi connectivity index (χ2v) is 8.01. The van der Waals surface area contributed by atoms with Crippen LogP contribution in [0.4, 0.5) is 0 Å². The third-order valence-electron chi connectivity index (χ3n) is 4.50. The average Bonchev–Trinajstić information content (AvgIpc) is 3.13. The molecule has 0 saturated heterocycles. The molecule has 0 atom stereocenters. The Morgan fingerprint density at radius 1 is 1.07 bits per heavy atom. The van der Waals surface area contributed by atoms with Crippen LogP contribution in [0.3, 0.4) is 0 Å². The van der Waals surface area contributed by atoms with Crippen LogP contribution in [0.15, 0.2) is 65.5 Å². The minimum Gasteiger partial charge on any atom is -0.300 e. The molecule has 0 spiro atoms. The fourth-order valence-corrected chi connectivity index (χ4v) is 4.21. The van der Waals surface area contributed by atoms with Crippen LogP contribution in [0.2, 0.25) is 5.02 Å². The van der Waals surface area contributed by atoms with Gasteiger partial charge < -0.3 is 0 Å². The summed E-state index contributed by atoms with van der Waals surface area (Å²) < 4.78 is 1.59. The Hall–Kier alpha value is -2.76. The quantitative estimate of drug-likeness (QED) is 0.442. The number of benzene rings is 2. The summed E-state index contributed by atoms with van der Waals surface area (Å²) in [6.45, 7) is 1.82. The number of halogens is 1. The van der Waals surface area contributed by atoms with Crippen LogP contribution < -0.4 is 5.56 Å². The molecule has 2 aromatic heterocycles. The van der Waals surface area contributed by atoms with Crippen LogP contribution in [0.1, 0.15) is 13.3 Å². The van der Waals surface area contributed by atoms with E-state index in [2.05, 4.69) is 0 Å². The van der Waals surface area contributed by atoms with Gasteiger partial charge in [-0.05, 0) is 42.8 Å². The first-order valence-electron chi connectivity index (χ1n) is 8.88. The van der Waals surface area contributed by atoms with Crippen molar-refractivity contribution in [3.8, 4) is 21.8 Å². The van der Waals surface area contributed by atoms with Crippen LogP contribution in [0, 0.1) is 0 Å². The van der Waals surface area contributed by atoms with Crippen molar-refractivity contribution in [3.63, 3.8) is 0 Å². The van der Waals surface area contributed by atoms with E-state index in [1.165, 1.54) is 18.3 Å². The number of hydrogen-bond donors (Lipinski definition) is 0. The molecular weight excluding hydrogens is 392 g/mol. The SMILES string of the molecule is CC(=O)CCn1c(-c2ccc(Cl)cc2)nc2sc(-c3ccccc3)cc2c1=O. The van der Waals surface area contributed by atoms with Gasteiger partial charge in [-0.1, -0.05) is 41.9 Å². The van der Waals surface area contributed by atoms with Crippen molar-refractivity contribution in [1.82, 2.24) is 9.55 Å². The number of ketones is 1.